The molecule has 0 bridgehead atoms. The largest absolute Gasteiger partial charge is 0.385 e. The Hall–Kier alpha value is -1.96. The molecule has 2 N–H and O–H groups in total. The number of nitrogens with one attached hydrogen (secondary N) is 2. The summed E-state index contributed by atoms with van der Waals surface area (Å²) in [5, 5.41) is 7.22. The van der Waals surface area contributed by atoms with E-state index in [1.807, 2.05) is 0 Å². The average Bonchev–Trinajstić information content (AvgIpc) is 2.53. The molecular weight excluding hydrogens is 304 g/mol. The van der Waals surface area contributed by atoms with Crippen LogP contribution in [0, 0.1) is 0 Å². The number of anilines is 2. The summed E-state index contributed by atoms with van der Waals surface area (Å²) in [6.07, 6.45) is 1.08. The van der Waals surface area contributed by atoms with Crippen molar-refractivity contribution in [3.05, 3.63) is 59.7 Å². The van der Waals surface area contributed by atoms with Crippen molar-refractivity contribution < 1.29 is 0 Å². The van der Waals surface area contributed by atoms with E-state index in [1.54, 1.807) is 0 Å². The molecule has 0 radical (unpaired) electrons. The summed E-state index contributed by atoms with van der Waals surface area (Å²) in [4.78, 5) is 0. The predicted octanol–water partition coefficient (Wildman–Crippen LogP) is 6.20. The minimum atomic E-state index is 0.160. The van der Waals surface area contributed by atoms with Crippen LogP contribution in [-0.2, 0) is 10.8 Å². The zero-order valence-electron chi connectivity index (χ0n) is 16.7. The molecule has 2 rings (SSSR count). The minimum absolute atomic E-state index is 0.160. The summed E-state index contributed by atoms with van der Waals surface area (Å²) in [7, 11) is 0. The monoisotopic (exact) mass is 338 g/mol. The van der Waals surface area contributed by atoms with Crippen molar-refractivity contribution in [1.29, 1.82) is 0 Å². The highest BCUT2D eigenvalue weighted by Gasteiger charge is 2.18. The second-order valence-corrected chi connectivity index (χ2v) is 8.80. The van der Waals surface area contributed by atoms with E-state index in [4.69, 9.17) is 0 Å². The van der Waals surface area contributed by atoms with Crippen LogP contribution in [0.2, 0.25) is 0 Å². The van der Waals surface area contributed by atoms with Gasteiger partial charge in [0.15, 0.2) is 0 Å². The van der Waals surface area contributed by atoms with Crippen LogP contribution in [0.1, 0.15) is 59.1 Å². The van der Waals surface area contributed by atoms with Crippen LogP contribution in [0.4, 0.5) is 11.4 Å². The Kier molecular flexibility index (Phi) is 6.16. The molecule has 2 heteroatoms. The fourth-order valence-electron chi connectivity index (χ4n) is 3.12. The van der Waals surface area contributed by atoms with Gasteiger partial charge in [0.25, 0.3) is 0 Å². The maximum Gasteiger partial charge on any atom is 0.0378 e. The summed E-state index contributed by atoms with van der Waals surface area (Å²) < 4.78 is 0. The van der Waals surface area contributed by atoms with E-state index in [1.165, 1.54) is 22.5 Å². The van der Waals surface area contributed by atoms with Crippen LogP contribution in [0.5, 0.6) is 0 Å². The molecule has 136 valence electrons. The molecule has 0 aromatic heterocycles. The Morgan fingerprint density at radius 2 is 0.960 bits per heavy atom. The fraction of sp³-hybridized carbons (Fsp3) is 0.478. The van der Waals surface area contributed by atoms with E-state index in [9.17, 15) is 0 Å². The van der Waals surface area contributed by atoms with Crippen molar-refractivity contribution in [1.82, 2.24) is 0 Å². The third-order valence-corrected chi connectivity index (χ3v) is 4.45. The van der Waals surface area contributed by atoms with Crippen LogP contribution < -0.4 is 10.6 Å². The Balaban J connectivity index is 1.88. The Morgan fingerprint density at radius 3 is 1.32 bits per heavy atom. The first-order chi connectivity index (χ1) is 11.7. The SMILES string of the molecule is CC(C)(C)c1ccccc1NCCCNc1ccccc1C(C)(C)C. The molecule has 0 fully saturated rings. The molecule has 0 aliphatic heterocycles. The quantitative estimate of drug-likeness (QED) is 0.613. The van der Waals surface area contributed by atoms with Gasteiger partial charge in [-0.3, -0.25) is 0 Å². The van der Waals surface area contributed by atoms with E-state index in [0.29, 0.717) is 0 Å². The van der Waals surface area contributed by atoms with Gasteiger partial charge < -0.3 is 10.6 Å². The van der Waals surface area contributed by atoms with Gasteiger partial charge in [-0.1, -0.05) is 77.9 Å². The van der Waals surface area contributed by atoms with Crippen molar-refractivity contribution in [3.63, 3.8) is 0 Å². The highest BCUT2D eigenvalue weighted by Crippen LogP contribution is 2.30. The molecule has 2 aromatic rings. The lowest BCUT2D eigenvalue weighted by Crippen LogP contribution is -2.17. The molecule has 0 heterocycles. The Morgan fingerprint density at radius 1 is 0.600 bits per heavy atom. The second kappa shape index (κ2) is 7.95. The summed E-state index contributed by atoms with van der Waals surface area (Å²) in [5.41, 5.74) is 5.58. The molecule has 0 aliphatic carbocycles. The van der Waals surface area contributed by atoms with Gasteiger partial charge in [-0.25, -0.2) is 0 Å². The second-order valence-electron chi connectivity index (χ2n) is 8.80. The molecule has 0 unspecified atom stereocenters. The van der Waals surface area contributed by atoms with E-state index in [-0.39, 0.29) is 10.8 Å². The predicted molar refractivity (Wildman–Crippen MR) is 112 cm³/mol. The van der Waals surface area contributed by atoms with Gasteiger partial charge in [0.2, 0.25) is 0 Å². The lowest BCUT2D eigenvalue weighted by Gasteiger charge is -2.24. The fourth-order valence-corrected chi connectivity index (χ4v) is 3.12. The van der Waals surface area contributed by atoms with Gasteiger partial charge in [0, 0.05) is 24.5 Å². The number of hydrogen-bond acceptors (Lipinski definition) is 2. The van der Waals surface area contributed by atoms with E-state index >= 15 is 0 Å². The van der Waals surface area contributed by atoms with Crippen LogP contribution in [0.15, 0.2) is 48.5 Å². The first-order valence-corrected chi connectivity index (χ1v) is 9.36. The number of hydrogen-bond donors (Lipinski definition) is 2. The highest BCUT2D eigenvalue weighted by atomic mass is 14.9. The molecular formula is C23H34N2. The van der Waals surface area contributed by atoms with Crippen molar-refractivity contribution >= 4 is 11.4 Å². The number of rotatable bonds is 6. The van der Waals surface area contributed by atoms with Crippen LogP contribution >= 0.6 is 0 Å². The van der Waals surface area contributed by atoms with Crippen LogP contribution in [0.3, 0.4) is 0 Å². The van der Waals surface area contributed by atoms with E-state index in [0.717, 1.165) is 19.5 Å². The topological polar surface area (TPSA) is 24.1 Å². The van der Waals surface area contributed by atoms with Crippen molar-refractivity contribution in [3.8, 4) is 0 Å². The van der Waals surface area contributed by atoms with Gasteiger partial charge in [-0.05, 0) is 40.5 Å². The van der Waals surface area contributed by atoms with E-state index < -0.39 is 0 Å². The summed E-state index contributed by atoms with van der Waals surface area (Å²) in [6.45, 7) is 15.5. The van der Waals surface area contributed by atoms with Gasteiger partial charge in [0.1, 0.15) is 0 Å². The lowest BCUT2D eigenvalue weighted by atomic mass is 9.86. The molecule has 2 aromatic carbocycles. The molecule has 0 saturated carbocycles. The zero-order chi connectivity index (χ0) is 18.5. The number of benzene rings is 2. The first kappa shape index (κ1) is 19.4. The normalized spacial score (nSPS) is 12.1. The van der Waals surface area contributed by atoms with E-state index in [2.05, 4.69) is 101 Å². The lowest BCUT2D eigenvalue weighted by molar-refractivity contribution is 0.591. The van der Waals surface area contributed by atoms with Crippen molar-refractivity contribution in [2.45, 2.75) is 58.8 Å². The van der Waals surface area contributed by atoms with Crippen molar-refractivity contribution in [2.75, 3.05) is 23.7 Å². The molecule has 0 saturated heterocycles. The summed E-state index contributed by atoms with van der Waals surface area (Å²) in [6, 6.07) is 17.3. The zero-order valence-corrected chi connectivity index (χ0v) is 16.7. The summed E-state index contributed by atoms with van der Waals surface area (Å²) in [5.74, 6) is 0. The third-order valence-electron chi connectivity index (χ3n) is 4.45. The molecule has 0 atom stereocenters. The van der Waals surface area contributed by atoms with Crippen LogP contribution in [-0.4, -0.2) is 13.1 Å². The Labute approximate surface area is 154 Å². The smallest absolute Gasteiger partial charge is 0.0378 e. The van der Waals surface area contributed by atoms with Crippen molar-refractivity contribution in [2.24, 2.45) is 0 Å². The Bertz CT molecular complexity index is 615. The standard InChI is InChI=1S/C23H34N2/c1-22(2,3)18-12-7-9-14-20(18)24-16-11-17-25-21-15-10-8-13-19(21)23(4,5)6/h7-10,12-15,24-25H,11,16-17H2,1-6H3. The minimum Gasteiger partial charge on any atom is -0.385 e. The highest BCUT2D eigenvalue weighted by molar-refractivity contribution is 5.55. The van der Waals surface area contributed by atoms with Gasteiger partial charge in [-0.15, -0.1) is 0 Å². The number of para-hydroxylation sites is 2. The molecule has 0 amide bonds. The molecule has 0 spiro atoms. The molecule has 2 nitrogen and oxygen atoms in total. The third kappa shape index (κ3) is 5.52. The van der Waals surface area contributed by atoms with Gasteiger partial charge in [0.05, 0.1) is 0 Å². The summed E-state index contributed by atoms with van der Waals surface area (Å²) >= 11 is 0. The maximum atomic E-state index is 3.61. The molecule has 25 heavy (non-hydrogen) atoms. The average molecular weight is 339 g/mol. The maximum absolute atomic E-state index is 3.61. The van der Waals surface area contributed by atoms with Crippen LogP contribution in [0.25, 0.3) is 0 Å². The first-order valence-electron chi connectivity index (χ1n) is 9.36. The van der Waals surface area contributed by atoms with Gasteiger partial charge in [-0.2, -0.15) is 0 Å². The van der Waals surface area contributed by atoms with Gasteiger partial charge >= 0.3 is 0 Å². The molecule has 0 aliphatic rings.